The van der Waals surface area contributed by atoms with E-state index in [2.05, 4.69) is 26.0 Å². The maximum absolute atomic E-state index is 5.79. The molecular weight excluding hydrogens is 160 g/mol. The van der Waals surface area contributed by atoms with Gasteiger partial charge in [-0.1, -0.05) is 25.5 Å². The topological polar surface area (TPSA) is 9.23 Å². The molecule has 1 heterocycles. The lowest BCUT2D eigenvalue weighted by Gasteiger charge is -2.62. The average Bonchev–Trinajstić information content (AvgIpc) is 2.40. The molecule has 0 amide bonds. The van der Waals surface area contributed by atoms with Gasteiger partial charge in [-0.2, -0.15) is 0 Å². The second-order valence-electron chi connectivity index (χ2n) is 4.92. The van der Waals surface area contributed by atoms with Gasteiger partial charge in [-0.05, 0) is 31.1 Å². The lowest BCUT2D eigenvalue weighted by molar-refractivity contribution is -0.0715. The minimum Gasteiger partial charge on any atom is -0.377 e. The van der Waals surface area contributed by atoms with Crippen LogP contribution in [0.5, 0.6) is 0 Å². The fraction of sp³-hybridized carbons (Fsp3) is 0.833. The van der Waals surface area contributed by atoms with Gasteiger partial charge in [0.25, 0.3) is 0 Å². The highest BCUT2D eigenvalue weighted by Crippen LogP contribution is 2.69. The largest absolute Gasteiger partial charge is 0.377 e. The van der Waals surface area contributed by atoms with Gasteiger partial charge in [0.1, 0.15) is 0 Å². The highest BCUT2D eigenvalue weighted by Gasteiger charge is 2.68. The van der Waals surface area contributed by atoms with Crippen molar-refractivity contribution in [2.45, 2.75) is 32.8 Å². The van der Waals surface area contributed by atoms with Gasteiger partial charge in [-0.25, -0.2) is 0 Å². The second kappa shape index (κ2) is 2.38. The van der Waals surface area contributed by atoms with Gasteiger partial charge in [0, 0.05) is 5.41 Å². The Kier molecular flexibility index (Phi) is 1.48. The smallest absolute Gasteiger partial charge is 0.0647 e. The Hall–Kier alpha value is -0.300. The summed E-state index contributed by atoms with van der Waals surface area (Å²) < 4.78 is 5.79. The van der Waals surface area contributed by atoms with E-state index in [4.69, 9.17) is 4.74 Å². The molecule has 0 N–H and O–H groups in total. The summed E-state index contributed by atoms with van der Waals surface area (Å²) in [6.07, 6.45) is 8.06. The third kappa shape index (κ3) is 0.698. The van der Waals surface area contributed by atoms with Gasteiger partial charge >= 0.3 is 0 Å². The number of allylic oxidation sites excluding steroid dienone is 1. The number of ether oxygens (including phenoxy) is 1. The van der Waals surface area contributed by atoms with E-state index in [1.165, 1.54) is 12.8 Å². The van der Waals surface area contributed by atoms with Crippen LogP contribution < -0.4 is 0 Å². The minimum absolute atomic E-state index is 0.487. The lowest BCUT2D eigenvalue weighted by atomic mass is 9.40. The molecule has 3 aliphatic rings. The molecule has 72 valence electrons. The van der Waals surface area contributed by atoms with E-state index in [9.17, 15) is 0 Å². The zero-order chi connectivity index (χ0) is 9.05. The second-order valence-corrected chi connectivity index (χ2v) is 4.92. The van der Waals surface area contributed by atoms with Crippen LogP contribution in [0.3, 0.4) is 0 Å². The highest BCUT2D eigenvalue weighted by molar-refractivity contribution is 5.33. The number of rotatable bonds is 2. The summed E-state index contributed by atoms with van der Waals surface area (Å²) in [6.45, 7) is 5.56. The molecule has 2 fully saturated rings. The van der Waals surface area contributed by atoms with E-state index >= 15 is 0 Å². The summed E-state index contributed by atoms with van der Waals surface area (Å²) in [5.41, 5.74) is 0.500. The zero-order valence-electron chi connectivity index (χ0n) is 8.49. The average molecular weight is 178 g/mol. The standard InChI is InChI=1S/C12H18O/c1-3-4-9-10-5-6-12(10)8(2)13-7-11(9)12/h5-6,8-11H,3-4,7H2,1-2H3/t8-,9+,10-,11-,12+/m1/s1. The summed E-state index contributed by atoms with van der Waals surface area (Å²) >= 11 is 0. The van der Waals surface area contributed by atoms with Crippen LogP contribution in [0.2, 0.25) is 0 Å². The van der Waals surface area contributed by atoms with Crippen molar-refractivity contribution in [1.29, 1.82) is 0 Å². The Balaban J connectivity index is 1.84. The van der Waals surface area contributed by atoms with Crippen molar-refractivity contribution < 1.29 is 4.74 Å². The van der Waals surface area contributed by atoms with Crippen LogP contribution in [0.25, 0.3) is 0 Å². The minimum atomic E-state index is 0.487. The summed E-state index contributed by atoms with van der Waals surface area (Å²) in [5.74, 6) is 2.67. The van der Waals surface area contributed by atoms with Crippen LogP contribution in [-0.4, -0.2) is 12.7 Å². The Labute approximate surface area is 80.2 Å². The first-order valence-corrected chi connectivity index (χ1v) is 5.61. The van der Waals surface area contributed by atoms with Crippen molar-refractivity contribution in [3.8, 4) is 0 Å². The molecule has 1 spiro atoms. The van der Waals surface area contributed by atoms with Gasteiger partial charge in [0.2, 0.25) is 0 Å². The molecule has 0 bridgehead atoms. The van der Waals surface area contributed by atoms with Crippen LogP contribution in [0.4, 0.5) is 0 Å². The molecule has 0 unspecified atom stereocenters. The number of hydrogen-bond acceptors (Lipinski definition) is 1. The van der Waals surface area contributed by atoms with Crippen LogP contribution in [0, 0.1) is 23.2 Å². The van der Waals surface area contributed by atoms with Crippen molar-refractivity contribution in [2.24, 2.45) is 23.2 Å². The maximum Gasteiger partial charge on any atom is 0.0647 e. The molecule has 1 aliphatic heterocycles. The third-order valence-corrected chi connectivity index (χ3v) is 4.64. The lowest BCUT2D eigenvalue weighted by Crippen LogP contribution is -2.61. The summed E-state index contributed by atoms with van der Waals surface area (Å²) in [7, 11) is 0. The first-order chi connectivity index (χ1) is 6.30. The summed E-state index contributed by atoms with van der Waals surface area (Å²) in [5, 5.41) is 0. The molecule has 1 saturated heterocycles. The van der Waals surface area contributed by atoms with E-state index in [1.807, 2.05) is 0 Å². The Morgan fingerprint density at radius 3 is 3.00 bits per heavy atom. The Bertz CT molecular complexity index is 258. The van der Waals surface area contributed by atoms with Crippen molar-refractivity contribution in [2.75, 3.05) is 6.61 Å². The van der Waals surface area contributed by atoms with Crippen LogP contribution >= 0.6 is 0 Å². The molecule has 0 aromatic carbocycles. The number of hydrogen-bond donors (Lipinski definition) is 0. The fourth-order valence-electron chi connectivity index (χ4n) is 3.90. The van der Waals surface area contributed by atoms with Crippen LogP contribution in [-0.2, 0) is 4.74 Å². The third-order valence-electron chi connectivity index (χ3n) is 4.64. The van der Waals surface area contributed by atoms with E-state index in [1.54, 1.807) is 0 Å². The first-order valence-electron chi connectivity index (χ1n) is 5.61. The van der Waals surface area contributed by atoms with E-state index in [0.29, 0.717) is 11.5 Å². The van der Waals surface area contributed by atoms with Gasteiger partial charge in [0.05, 0.1) is 12.7 Å². The molecule has 0 aromatic rings. The molecule has 13 heavy (non-hydrogen) atoms. The van der Waals surface area contributed by atoms with Crippen molar-refractivity contribution in [3.05, 3.63) is 12.2 Å². The fourth-order valence-corrected chi connectivity index (χ4v) is 3.90. The van der Waals surface area contributed by atoms with Crippen LogP contribution in [0.15, 0.2) is 12.2 Å². The van der Waals surface area contributed by atoms with E-state index < -0.39 is 0 Å². The molecule has 5 atom stereocenters. The monoisotopic (exact) mass is 178 g/mol. The Morgan fingerprint density at radius 1 is 1.54 bits per heavy atom. The molecule has 0 aromatic heterocycles. The molecule has 0 radical (unpaired) electrons. The van der Waals surface area contributed by atoms with Crippen molar-refractivity contribution in [1.82, 2.24) is 0 Å². The summed E-state index contributed by atoms with van der Waals surface area (Å²) in [6, 6.07) is 0. The molecule has 3 rings (SSSR count). The summed E-state index contributed by atoms with van der Waals surface area (Å²) in [4.78, 5) is 0. The predicted octanol–water partition coefficient (Wildman–Crippen LogP) is 2.62. The van der Waals surface area contributed by atoms with E-state index in [0.717, 1.165) is 24.4 Å². The molecule has 2 aliphatic carbocycles. The van der Waals surface area contributed by atoms with Gasteiger partial charge in [0.15, 0.2) is 0 Å². The molecule has 1 saturated carbocycles. The first kappa shape index (κ1) is 8.05. The van der Waals surface area contributed by atoms with Gasteiger partial charge in [-0.3, -0.25) is 0 Å². The molecule has 1 heteroatoms. The maximum atomic E-state index is 5.79. The highest BCUT2D eigenvalue weighted by atomic mass is 16.5. The van der Waals surface area contributed by atoms with E-state index in [-0.39, 0.29) is 0 Å². The van der Waals surface area contributed by atoms with Crippen molar-refractivity contribution >= 4 is 0 Å². The quantitative estimate of drug-likeness (QED) is 0.591. The predicted molar refractivity (Wildman–Crippen MR) is 52.4 cm³/mol. The van der Waals surface area contributed by atoms with Gasteiger partial charge < -0.3 is 4.74 Å². The van der Waals surface area contributed by atoms with Gasteiger partial charge in [-0.15, -0.1) is 0 Å². The molecule has 1 nitrogen and oxygen atoms in total. The zero-order valence-corrected chi connectivity index (χ0v) is 8.49. The Morgan fingerprint density at radius 2 is 2.38 bits per heavy atom. The van der Waals surface area contributed by atoms with Crippen LogP contribution in [0.1, 0.15) is 26.7 Å². The SMILES string of the molecule is CCC[C@H]1[C@H]2C=C[C@@]23[C@@H]1CO[C@@H]3C. The normalized spacial score (nSPS) is 56.5. The van der Waals surface area contributed by atoms with Crippen molar-refractivity contribution in [3.63, 3.8) is 0 Å². The molecular formula is C12H18O.